The first kappa shape index (κ1) is 13.3. The number of nitrogens with one attached hydrogen (secondary N) is 1. The van der Waals surface area contributed by atoms with Gasteiger partial charge in [-0.15, -0.1) is 0 Å². The third kappa shape index (κ3) is 2.50. The number of anilines is 2. The number of fused-ring (bicyclic) bond motifs is 1. The molecule has 2 aromatic heterocycles. The number of aryl methyl sites for hydroxylation is 1. The van der Waals surface area contributed by atoms with Crippen LogP contribution < -0.4 is 5.32 Å². The Morgan fingerprint density at radius 3 is 2.90 bits per heavy atom. The highest BCUT2D eigenvalue weighted by Crippen LogP contribution is 2.26. The summed E-state index contributed by atoms with van der Waals surface area (Å²) in [7, 11) is 0. The van der Waals surface area contributed by atoms with E-state index in [0.29, 0.717) is 22.3 Å². The Morgan fingerprint density at radius 1 is 1.38 bits per heavy atom. The molecule has 0 atom stereocenters. The molecular formula is C13H10ClN5O2. The highest BCUT2D eigenvalue weighted by Gasteiger charge is 2.10. The van der Waals surface area contributed by atoms with Crippen molar-refractivity contribution in [1.82, 2.24) is 19.6 Å². The number of rotatable bonds is 3. The number of carboxylic acids is 1. The average molecular weight is 304 g/mol. The maximum Gasteiger partial charge on any atom is 0.335 e. The fraction of sp³-hybridized carbons (Fsp3) is 0.0769. The zero-order chi connectivity index (χ0) is 15.0. The van der Waals surface area contributed by atoms with Gasteiger partial charge in [0.15, 0.2) is 0 Å². The molecule has 0 amide bonds. The molecule has 0 aliphatic rings. The molecule has 0 spiro atoms. The van der Waals surface area contributed by atoms with E-state index >= 15 is 0 Å². The average Bonchev–Trinajstić information content (AvgIpc) is 2.88. The van der Waals surface area contributed by atoms with Gasteiger partial charge in [0.25, 0.3) is 5.78 Å². The first-order chi connectivity index (χ1) is 10.0. The van der Waals surface area contributed by atoms with Gasteiger partial charge >= 0.3 is 5.97 Å². The van der Waals surface area contributed by atoms with Crippen LogP contribution in [0.25, 0.3) is 5.78 Å². The second kappa shape index (κ2) is 5.02. The van der Waals surface area contributed by atoms with Crippen molar-refractivity contribution < 1.29 is 9.90 Å². The van der Waals surface area contributed by atoms with Crippen molar-refractivity contribution in [1.29, 1.82) is 0 Å². The lowest BCUT2D eigenvalue weighted by Crippen LogP contribution is -2.04. The molecule has 0 unspecified atom stereocenters. The Kier molecular flexibility index (Phi) is 3.19. The summed E-state index contributed by atoms with van der Waals surface area (Å²) in [4.78, 5) is 19.2. The second-order valence-corrected chi connectivity index (χ2v) is 4.79. The van der Waals surface area contributed by atoms with Gasteiger partial charge in [-0.2, -0.15) is 14.6 Å². The van der Waals surface area contributed by atoms with Crippen LogP contribution >= 0.6 is 11.6 Å². The van der Waals surface area contributed by atoms with Crippen LogP contribution in [0.5, 0.6) is 0 Å². The second-order valence-electron chi connectivity index (χ2n) is 4.38. The zero-order valence-electron chi connectivity index (χ0n) is 10.9. The van der Waals surface area contributed by atoms with Crippen molar-refractivity contribution in [3.63, 3.8) is 0 Å². The van der Waals surface area contributed by atoms with Gasteiger partial charge in [0.05, 0.1) is 16.3 Å². The predicted octanol–water partition coefficient (Wildman–Crippen LogP) is 2.53. The normalized spacial score (nSPS) is 10.8. The molecule has 106 valence electrons. The summed E-state index contributed by atoms with van der Waals surface area (Å²) in [5.41, 5.74) is 1.47. The van der Waals surface area contributed by atoms with E-state index in [0.717, 1.165) is 5.69 Å². The summed E-state index contributed by atoms with van der Waals surface area (Å²) in [6.07, 6.45) is 1.40. The molecule has 1 aromatic carbocycles. The van der Waals surface area contributed by atoms with Gasteiger partial charge in [0.1, 0.15) is 12.1 Å². The van der Waals surface area contributed by atoms with Crippen molar-refractivity contribution in [2.45, 2.75) is 6.92 Å². The quantitative estimate of drug-likeness (QED) is 0.772. The molecule has 7 nitrogen and oxygen atoms in total. The number of aromatic nitrogens is 4. The van der Waals surface area contributed by atoms with Gasteiger partial charge in [-0.3, -0.25) is 0 Å². The number of halogens is 1. The third-order valence-electron chi connectivity index (χ3n) is 2.86. The van der Waals surface area contributed by atoms with Crippen LogP contribution in [-0.4, -0.2) is 30.7 Å². The van der Waals surface area contributed by atoms with Crippen LogP contribution in [0.4, 0.5) is 11.5 Å². The Morgan fingerprint density at radius 2 is 2.19 bits per heavy atom. The first-order valence-electron chi connectivity index (χ1n) is 6.02. The van der Waals surface area contributed by atoms with Crippen molar-refractivity contribution in [2.24, 2.45) is 0 Å². The van der Waals surface area contributed by atoms with Crippen molar-refractivity contribution in [2.75, 3.05) is 5.32 Å². The largest absolute Gasteiger partial charge is 0.478 e. The van der Waals surface area contributed by atoms with Gasteiger partial charge in [0.2, 0.25) is 0 Å². The molecule has 0 radical (unpaired) electrons. The van der Waals surface area contributed by atoms with Crippen molar-refractivity contribution >= 4 is 34.9 Å². The molecule has 0 aliphatic heterocycles. The number of aromatic carboxylic acids is 1. The molecule has 0 aliphatic carbocycles. The Balaban J connectivity index is 2.02. The number of hydrogen-bond donors (Lipinski definition) is 2. The molecule has 3 rings (SSSR count). The summed E-state index contributed by atoms with van der Waals surface area (Å²) >= 11 is 6.10. The predicted molar refractivity (Wildman–Crippen MR) is 77.2 cm³/mol. The van der Waals surface area contributed by atoms with Crippen LogP contribution in [0.2, 0.25) is 5.02 Å². The highest BCUT2D eigenvalue weighted by atomic mass is 35.5. The first-order valence-corrected chi connectivity index (χ1v) is 6.39. The van der Waals surface area contributed by atoms with Crippen molar-refractivity contribution in [3.8, 4) is 0 Å². The Labute approximate surface area is 124 Å². The van der Waals surface area contributed by atoms with Crippen LogP contribution in [0.15, 0.2) is 30.6 Å². The fourth-order valence-corrected chi connectivity index (χ4v) is 2.13. The molecule has 2 heterocycles. The van der Waals surface area contributed by atoms with E-state index in [1.165, 1.54) is 23.0 Å². The highest BCUT2D eigenvalue weighted by molar-refractivity contribution is 6.33. The summed E-state index contributed by atoms with van der Waals surface area (Å²) in [5.74, 6) is 0.0811. The van der Waals surface area contributed by atoms with E-state index in [1.807, 2.05) is 6.92 Å². The summed E-state index contributed by atoms with van der Waals surface area (Å²) in [6.45, 7) is 1.84. The standard InChI is InChI=1S/C13H10ClN5O2/c1-7-4-11(19-13(17-7)15-6-16-19)18-10-3-2-8(12(20)21)5-9(10)14/h2-6,18H,1H3,(H,20,21). The maximum absolute atomic E-state index is 10.9. The molecule has 0 fully saturated rings. The topological polar surface area (TPSA) is 92.4 Å². The molecule has 0 saturated carbocycles. The van der Waals surface area contributed by atoms with E-state index in [9.17, 15) is 4.79 Å². The fourth-order valence-electron chi connectivity index (χ4n) is 1.91. The number of benzene rings is 1. The van der Waals surface area contributed by atoms with Gasteiger partial charge in [-0.05, 0) is 25.1 Å². The summed E-state index contributed by atoms with van der Waals surface area (Å²) < 4.78 is 1.54. The summed E-state index contributed by atoms with van der Waals surface area (Å²) in [6, 6.07) is 6.26. The van der Waals surface area contributed by atoms with E-state index in [4.69, 9.17) is 16.7 Å². The van der Waals surface area contributed by atoms with Crippen molar-refractivity contribution in [3.05, 3.63) is 46.9 Å². The van der Waals surface area contributed by atoms with Crippen LogP contribution in [0.1, 0.15) is 16.1 Å². The monoisotopic (exact) mass is 303 g/mol. The molecule has 8 heteroatoms. The lowest BCUT2D eigenvalue weighted by atomic mass is 10.2. The Bertz CT molecular complexity index is 846. The molecule has 3 aromatic rings. The number of nitrogens with zero attached hydrogens (tertiary/aromatic N) is 4. The molecular weight excluding hydrogens is 294 g/mol. The molecule has 2 N–H and O–H groups in total. The molecule has 21 heavy (non-hydrogen) atoms. The van der Waals surface area contributed by atoms with Gasteiger partial charge in [-0.25, -0.2) is 9.78 Å². The van der Waals surface area contributed by atoms with Gasteiger partial charge in [0, 0.05) is 11.8 Å². The van der Waals surface area contributed by atoms with Gasteiger partial charge < -0.3 is 10.4 Å². The lowest BCUT2D eigenvalue weighted by molar-refractivity contribution is 0.0697. The van der Waals surface area contributed by atoms with E-state index < -0.39 is 5.97 Å². The maximum atomic E-state index is 10.9. The number of carbonyl (C=O) groups is 1. The number of carboxylic acid groups (broad SMARTS) is 1. The zero-order valence-corrected chi connectivity index (χ0v) is 11.7. The molecule has 0 bridgehead atoms. The van der Waals surface area contributed by atoms with Gasteiger partial charge in [-0.1, -0.05) is 11.6 Å². The van der Waals surface area contributed by atoms with E-state index in [-0.39, 0.29) is 5.56 Å². The minimum absolute atomic E-state index is 0.127. The molecule has 0 saturated heterocycles. The minimum atomic E-state index is -1.03. The third-order valence-corrected chi connectivity index (χ3v) is 3.17. The lowest BCUT2D eigenvalue weighted by Gasteiger charge is -2.10. The minimum Gasteiger partial charge on any atom is -0.478 e. The van der Waals surface area contributed by atoms with Crippen LogP contribution in [-0.2, 0) is 0 Å². The SMILES string of the molecule is Cc1cc(Nc2ccc(C(=O)O)cc2Cl)n2ncnc2n1. The smallest absolute Gasteiger partial charge is 0.335 e. The summed E-state index contributed by atoms with van der Waals surface area (Å²) in [5, 5.41) is 16.4. The van der Waals surface area contributed by atoms with Crippen LogP contribution in [0.3, 0.4) is 0 Å². The van der Waals surface area contributed by atoms with E-state index in [2.05, 4.69) is 20.4 Å². The Hall–Kier alpha value is -2.67. The number of hydrogen-bond acceptors (Lipinski definition) is 5. The van der Waals surface area contributed by atoms with E-state index in [1.54, 1.807) is 12.1 Å². The van der Waals surface area contributed by atoms with Crippen LogP contribution in [0, 0.1) is 6.92 Å².